The minimum absolute atomic E-state index is 0.118. The predicted octanol–water partition coefficient (Wildman–Crippen LogP) is 2.96. The van der Waals surface area contributed by atoms with Crippen LogP contribution in [0, 0.1) is 0 Å². The van der Waals surface area contributed by atoms with Crippen molar-refractivity contribution in [3.8, 4) is 11.3 Å². The molecule has 1 heterocycles. The molecule has 1 atom stereocenters. The Kier molecular flexibility index (Phi) is 5.30. The molecule has 1 amide bonds. The number of benzene rings is 1. The Morgan fingerprint density at radius 3 is 2.75 bits per heavy atom. The fourth-order valence-electron chi connectivity index (χ4n) is 3.20. The second-order valence-electron chi connectivity index (χ2n) is 6.73. The minimum Gasteiger partial charge on any atom is -0.352 e. The highest BCUT2D eigenvalue weighted by atomic mass is 16.2. The summed E-state index contributed by atoms with van der Waals surface area (Å²) in [7, 11) is 1.97. The third-order valence-corrected chi connectivity index (χ3v) is 4.86. The van der Waals surface area contributed by atoms with Crippen molar-refractivity contribution >= 4 is 5.91 Å². The summed E-state index contributed by atoms with van der Waals surface area (Å²) in [6, 6.07) is 12.3. The number of carbonyl (C=O) groups is 1. The zero-order chi connectivity index (χ0) is 16.9. The van der Waals surface area contributed by atoms with Crippen molar-refractivity contribution in [3.05, 3.63) is 42.1 Å². The Balaban J connectivity index is 1.57. The Hall–Kier alpha value is -2.14. The van der Waals surface area contributed by atoms with Crippen molar-refractivity contribution in [1.29, 1.82) is 0 Å². The summed E-state index contributed by atoms with van der Waals surface area (Å²) in [4.78, 5) is 14.4. The third-order valence-electron chi connectivity index (χ3n) is 4.86. The lowest BCUT2D eigenvalue weighted by Crippen LogP contribution is -2.46. The summed E-state index contributed by atoms with van der Waals surface area (Å²) < 4.78 is 0. The van der Waals surface area contributed by atoms with E-state index in [9.17, 15) is 4.79 Å². The second-order valence-corrected chi connectivity index (χ2v) is 6.73. The smallest absolute Gasteiger partial charge is 0.237 e. The normalized spacial score (nSPS) is 16.5. The number of amides is 1. The molecule has 2 aromatic rings. The van der Waals surface area contributed by atoms with Gasteiger partial charge in [0.25, 0.3) is 0 Å². The molecule has 0 saturated heterocycles. The van der Waals surface area contributed by atoms with Gasteiger partial charge in [0.2, 0.25) is 5.91 Å². The van der Waals surface area contributed by atoms with Crippen LogP contribution in [0.2, 0.25) is 0 Å². The first kappa shape index (κ1) is 16.7. The molecule has 1 aromatic carbocycles. The minimum atomic E-state index is -0.158. The number of aromatic amines is 1. The average Bonchev–Trinajstić information content (AvgIpc) is 3.27. The molecular weight excluding hydrogens is 300 g/mol. The average molecular weight is 326 g/mol. The predicted molar refractivity (Wildman–Crippen MR) is 95.4 cm³/mol. The monoisotopic (exact) mass is 326 g/mol. The van der Waals surface area contributed by atoms with Gasteiger partial charge in [-0.2, -0.15) is 5.10 Å². The number of hydrogen-bond donors (Lipinski definition) is 2. The van der Waals surface area contributed by atoms with E-state index in [1.807, 2.05) is 55.3 Å². The quantitative estimate of drug-likeness (QED) is 0.858. The molecule has 3 rings (SSSR count). The third kappa shape index (κ3) is 4.03. The molecule has 1 unspecified atom stereocenters. The van der Waals surface area contributed by atoms with Crippen LogP contribution in [0.5, 0.6) is 0 Å². The number of likely N-dealkylation sites (N-methyl/N-ethyl adjacent to an activating group) is 1. The van der Waals surface area contributed by atoms with Crippen LogP contribution in [0.1, 0.15) is 38.3 Å². The molecule has 1 aliphatic carbocycles. The Morgan fingerprint density at radius 1 is 1.33 bits per heavy atom. The van der Waals surface area contributed by atoms with Gasteiger partial charge in [-0.25, -0.2) is 0 Å². The summed E-state index contributed by atoms with van der Waals surface area (Å²) in [5.74, 6) is 0.118. The van der Waals surface area contributed by atoms with Crippen LogP contribution in [0.15, 0.2) is 36.4 Å². The molecule has 24 heavy (non-hydrogen) atoms. The van der Waals surface area contributed by atoms with Crippen LogP contribution in [0.4, 0.5) is 0 Å². The summed E-state index contributed by atoms with van der Waals surface area (Å²) in [5, 5.41) is 10.6. The molecule has 0 aliphatic heterocycles. The van der Waals surface area contributed by atoms with Crippen molar-refractivity contribution in [2.45, 2.75) is 51.2 Å². The van der Waals surface area contributed by atoms with E-state index in [0.29, 0.717) is 12.6 Å². The standard InChI is InChI=1S/C19H26N4O/c1-14(19(24)20-16-10-6-7-11-16)23(2)13-17-12-18(22-21-17)15-8-4-3-5-9-15/h3-5,8-9,12,14,16H,6-7,10-11,13H2,1-2H3,(H,20,24)(H,21,22). The zero-order valence-corrected chi connectivity index (χ0v) is 14.5. The number of rotatable bonds is 6. The van der Waals surface area contributed by atoms with Crippen LogP contribution in [-0.4, -0.2) is 40.1 Å². The lowest BCUT2D eigenvalue weighted by atomic mass is 10.1. The maximum atomic E-state index is 12.4. The Bertz CT molecular complexity index is 661. The van der Waals surface area contributed by atoms with Crippen molar-refractivity contribution in [1.82, 2.24) is 20.4 Å². The molecule has 0 spiro atoms. The number of aromatic nitrogens is 2. The first-order valence-corrected chi connectivity index (χ1v) is 8.74. The van der Waals surface area contributed by atoms with Crippen molar-refractivity contribution in [3.63, 3.8) is 0 Å². The van der Waals surface area contributed by atoms with Crippen molar-refractivity contribution < 1.29 is 4.79 Å². The molecule has 1 fully saturated rings. The van der Waals surface area contributed by atoms with E-state index >= 15 is 0 Å². The van der Waals surface area contributed by atoms with E-state index < -0.39 is 0 Å². The highest BCUT2D eigenvalue weighted by Crippen LogP contribution is 2.19. The lowest BCUT2D eigenvalue weighted by molar-refractivity contribution is -0.126. The van der Waals surface area contributed by atoms with Crippen LogP contribution in [0.25, 0.3) is 11.3 Å². The molecule has 5 heteroatoms. The summed E-state index contributed by atoms with van der Waals surface area (Å²) in [6.07, 6.45) is 4.68. The van der Waals surface area contributed by atoms with Gasteiger partial charge in [0, 0.05) is 23.8 Å². The Morgan fingerprint density at radius 2 is 2.04 bits per heavy atom. The van der Waals surface area contributed by atoms with Crippen molar-refractivity contribution in [2.75, 3.05) is 7.05 Å². The fraction of sp³-hybridized carbons (Fsp3) is 0.474. The molecule has 128 valence electrons. The lowest BCUT2D eigenvalue weighted by Gasteiger charge is -2.24. The van der Waals surface area contributed by atoms with Crippen LogP contribution < -0.4 is 5.32 Å². The van der Waals surface area contributed by atoms with Gasteiger partial charge in [0.1, 0.15) is 0 Å². The molecule has 1 saturated carbocycles. The largest absolute Gasteiger partial charge is 0.352 e. The molecule has 1 aliphatic rings. The highest BCUT2D eigenvalue weighted by molar-refractivity contribution is 5.81. The number of nitrogens with one attached hydrogen (secondary N) is 2. The van der Waals surface area contributed by atoms with Crippen LogP contribution >= 0.6 is 0 Å². The zero-order valence-electron chi connectivity index (χ0n) is 14.5. The van der Waals surface area contributed by atoms with Gasteiger partial charge >= 0.3 is 0 Å². The number of hydrogen-bond acceptors (Lipinski definition) is 3. The number of nitrogens with zero attached hydrogens (tertiary/aromatic N) is 2. The Labute approximate surface area is 143 Å². The van der Waals surface area contributed by atoms with Gasteiger partial charge in [0.15, 0.2) is 0 Å². The number of carbonyl (C=O) groups excluding carboxylic acids is 1. The molecular formula is C19H26N4O. The van der Waals surface area contributed by atoms with E-state index in [1.54, 1.807) is 0 Å². The van der Waals surface area contributed by atoms with E-state index in [-0.39, 0.29) is 11.9 Å². The highest BCUT2D eigenvalue weighted by Gasteiger charge is 2.23. The van der Waals surface area contributed by atoms with Gasteiger partial charge in [-0.1, -0.05) is 43.2 Å². The number of H-pyrrole nitrogens is 1. The van der Waals surface area contributed by atoms with Crippen molar-refractivity contribution in [2.24, 2.45) is 0 Å². The SMILES string of the molecule is CC(C(=O)NC1CCCC1)N(C)Cc1cc(-c2ccccc2)n[nH]1. The molecule has 5 nitrogen and oxygen atoms in total. The molecule has 0 bridgehead atoms. The van der Waals surface area contributed by atoms with Gasteiger partial charge in [0.05, 0.1) is 11.7 Å². The summed E-state index contributed by atoms with van der Waals surface area (Å²) >= 11 is 0. The maximum absolute atomic E-state index is 12.4. The van der Waals surface area contributed by atoms with Gasteiger partial charge < -0.3 is 5.32 Å². The van der Waals surface area contributed by atoms with Crippen LogP contribution in [0.3, 0.4) is 0 Å². The molecule has 1 aromatic heterocycles. The first-order chi connectivity index (χ1) is 11.6. The van der Waals surface area contributed by atoms with E-state index in [1.165, 1.54) is 12.8 Å². The van der Waals surface area contributed by atoms with Crippen LogP contribution in [-0.2, 0) is 11.3 Å². The molecule has 0 radical (unpaired) electrons. The van der Waals surface area contributed by atoms with Gasteiger partial charge in [-0.3, -0.25) is 14.8 Å². The summed E-state index contributed by atoms with van der Waals surface area (Å²) in [6.45, 7) is 2.62. The first-order valence-electron chi connectivity index (χ1n) is 8.74. The van der Waals surface area contributed by atoms with E-state index in [4.69, 9.17) is 0 Å². The second kappa shape index (κ2) is 7.62. The topological polar surface area (TPSA) is 61.0 Å². The maximum Gasteiger partial charge on any atom is 0.237 e. The van der Waals surface area contributed by atoms with E-state index in [0.717, 1.165) is 29.8 Å². The van der Waals surface area contributed by atoms with E-state index in [2.05, 4.69) is 15.5 Å². The van der Waals surface area contributed by atoms with Gasteiger partial charge in [-0.15, -0.1) is 0 Å². The summed E-state index contributed by atoms with van der Waals surface area (Å²) in [5.41, 5.74) is 3.04. The van der Waals surface area contributed by atoms with Gasteiger partial charge in [-0.05, 0) is 32.9 Å². The fourth-order valence-corrected chi connectivity index (χ4v) is 3.20. The molecule has 2 N–H and O–H groups in total.